The van der Waals surface area contributed by atoms with Gasteiger partial charge in [0, 0.05) is 43.5 Å². The van der Waals surface area contributed by atoms with E-state index in [2.05, 4.69) is 38.9 Å². The number of nitrogens with zero attached hydrogens (tertiary/aromatic N) is 3. The van der Waals surface area contributed by atoms with E-state index < -0.39 is 0 Å². The maximum absolute atomic E-state index is 14.6. The van der Waals surface area contributed by atoms with Crippen molar-refractivity contribution in [1.82, 2.24) is 15.3 Å². The average molecular weight is 453 g/mol. The number of nitriles is 1. The van der Waals surface area contributed by atoms with E-state index in [1.54, 1.807) is 25.4 Å². The third-order valence-corrected chi connectivity index (χ3v) is 6.64. The van der Waals surface area contributed by atoms with Crippen molar-refractivity contribution < 1.29 is 9.13 Å². The zero-order valence-corrected chi connectivity index (χ0v) is 19.4. The Labute approximate surface area is 195 Å². The van der Waals surface area contributed by atoms with Crippen molar-refractivity contribution in [1.29, 1.82) is 5.26 Å². The first kappa shape index (κ1) is 23.4. The van der Waals surface area contributed by atoms with Gasteiger partial charge in [0.25, 0.3) is 0 Å². The molecule has 0 unspecified atom stereocenters. The minimum atomic E-state index is -0.367. The molecule has 2 saturated carbocycles. The molecule has 2 fully saturated rings. The SMILES string of the molecule is COC[C@H](C)NC1CCC(Nc2cc(-c3ccnc(NCC4(C#N)CC4)c3)c(F)cn2)CC1. The van der Waals surface area contributed by atoms with Gasteiger partial charge in [-0.3, -0.25) is 0 Å². The molecule has 0 radical (unpaired) electrons. The number of methoxy groups -OCH3 is 1. The highest BCUT2D eigenvalue weighted by Crippen LogP contribution is 2.44. The molecule has 2 aliphatic rings. The molecule has 2 aromatic rings. The average Bonchev–Trinajstić information content (AvgIpc) is 3.61. The normalized spacial score (nSPS) is 22.2. The highest BCUT2D eigenvalue weighted by atomic mass is 19.1. The summed E-state index contributed by atoms with van der Waals surface area (Å²) in [6, 6.07) is 8.93. The molecule has 0 bridgehead atoms. The minimum absolute atomic E-state index is 0.271. The fourth-order valence-electron chi connectivity index (χ4n) is 4.49. The molecular formula is C25H33FN6O. The van der Waals surface area contributed by atoms with Gasteiger partial charge in [0.1, 0.15) is 17.5 Å². The zero-order valence-electron chi connectivity index (χ0n) is 19.4. The van der Waals surface area contributed by atoms with Gasteiger partial charge in [-0.25, -0.2) is 14.4 Å². The highest BCUT2D eigenvalue weighted by Gasteiger charge is 2.42. The summed E-state index contributed by atoms with van der Waals surface area (Å²) in [6.07, 6.45) is 9.01. The van der Waals surface area contributed by atoms with Crippen LogP contribution in [0.15, 0.2) is 30.6 Å². The third kappa shape index (κ3) is 6.18. The van der Waals surface area contributed by atoms with Gasteiger partial charge in [0.2, 0.25) is 0 Å². The fourth-order valence-corrected chi connectivity index (χ4v) is 4.49. The first-order chi connectivity index (χ1) is 16.0. The van der Waals surface area contributed by atoms with Crippen molar-refractivity contribution in [3.8, 4) is 17.2 Å². The molecule has 0 spiro atoms. The van der Waals surface area contributed by atoms with E-state index in [4.69, 9.17) is 4.74 Å². The molecule has 2 aliphatic carbocycles. The van der Waals surface area contributed by atoms with Crippen LogP contribution >= 0.6 is 0 Å². The van der Waals surface area contributed by atoms with Crippen LogP contribution in [0.2, 0.25) is 0 Å². The van der Waals surface area contributed by atoms with Crippen LogP contribution in [0.3, 0.4) is 0 Å². The lowest BCUT2D eigenvalue weighted by atomic mass is 9.90. The second kappa shape index (κ2) is 10.4. The summed E-state index contributed by atoms with van der Waals surface area (Å²) in [7, 11) is 1.73. The molecule has 2 heterocycles. The van der Waals surface area contributed by atoms with Crippen LogP contribution in [0.5, 0.6) is 0 Å². The van der Waals surface area contributed by atoms with Crippen molar-refractivity contribution in [2.45, 2.75) is 63.6 Å². The van der Waals surface area contributed by atoms with Gasteiger partial charge in [-0.1, -0.05) is 0 Å². The van der Waals surface area contributed by atoms with E-state index >= 15 is 0 Å². The van der Waals surface area contributed by atoms with Gasteiger partial charge in [0.05, 0.1) is 24.3 Å². The monoisotopic (exact) mass is 452 g/mol. The lowest BCUT2D eigenvalue weighted by Gasteiger charge is -2.31. The first-order valence-corrected chi connectivity index (χ1v) is 11.8. The summed E-state index contributed by atoms with van der Waals surface area (Å²) in [6.45, 7) is 3.42. The quantitative estimate of drug-likeness (QED) is 0.493. The molecular weight excluding hydrogens is 419 g/mol. The fraction of sp³-hybridized carbons (Fsp3) is 0.560. The van der Waals surface area contributed by atoms with Crippen LogP contribution in [-0.2, 0) is 4.74 Å². The molecule has 0 saturated heterocycles. The predicted molar refractivity (Wildman–Crippen MR) is 127 cm³/mol. The number of hydrogen-bond acceptors (Lipinski definition) is 7. The molecule has 3 N–H and O–H groups in total. The van der Waals surface area contributed by atoms with Gasteiger partial charge in [0.15, 0.2) is 0 Å². The van der Waals surface area contributed by atoms with Crippen LogP contribution < -0.4 is 16.0 Å². The van der Waals surface area contributed by atoms with Crippen molar-refractivity contribution in [3.05, 3.63) is 36.4 Å². The number of rotatable bonds is 10. The van der Waals surface area contributed by atoms with Crippen molar-refractivity contribution in [2.24, 2.45) is 5.41 Å². The molecule has 2 aromatic heterocycles. The Morgan fingerprint density at radius 3 is 2.64 bits per heavy atom. The Morgan fingerprint density at radius 1 is 1.18 bits per heavy atom. The summed E-state index contributed by atoms with van der Waals surface area (Å²) < 4.78 is 19.9. The van der Waals surface area contributed by atoms with Crippen molar-refractivity contribution in [2.75, 3.05) is 30.9 Å². The minimum Gasteiger partial charge on any atom is -0.383 e. The largest absolute Gasteiger partial charge is 0.383 e. The van der Waals surface area contributed by atoms with Crippen LogP contribution in [0.1, 0.15) is 45.4 Å². The topological polar surface area (TPSA) is 94.9 Å². The van der Waals surface area contributed by atoms with E-state index in [0.29, 0.717) is 48.5 Å². The highest BCUT2D eigenvalue weighted by molar-refractivity contribution is 5.69. The molecule has 0 amide bonds. The third-order valence-electron chi connectivity index (χ3n) is 6.64. The molecule has 1 atom stereocenters. The number of anilines is 2. The predicted octanol–water partition coefficient (Wildman–Crippen LogP) is 4.35. The Kier molecular flexibility index (Phi) is 7.41. The maximum Gasteiger partial charge on any atom is 0.149 e. The summed E-state index contributed by atoms with van der Waals surface area (Å²) in [4.78, 5) is 8.60. The number of nitrogens with one attached hydrogen (secondary N) is 3. The molecule has 4 rings (SSSR count). The molecule has 7 nitrogen and oxygen atoms in total. The number of halogens is 1. The summed E-state index contributed by atoms with van der Waals surface area (Å²) in [5.74, 6) is 0.963. The lowest BCUT2D eigenvalue weighted by Crippen LogP contribution is -2.42. The van der Waals surface area contributed by atoms with Crippen molar-refractivity contribution >= 4 is 11.6 Å². The standard InChI is InChI=1S/C25H33FN6O/c1-17(14-33-2)31-19-3-5-20(6-4-19)32-24-12-21(22(26)13-29-24)18-7-10-28-23(11-18)30-16-25(15-27)8-9-25/h7,10-13,17,19-20,31H,3-6,8-9,14,16H2,1-2H3,(H,28,30)(H,29,32)/t17-,19?,20?/m0/s1. The van der Waals surface area contributed by atoms with Crippen LogP contribution in [-0.4, -0.2) is 48.4 Å². The first-order valence-electron chi connectivity index (χ1n) is 11.8. The van der Waals surface area contributed by atoms with E-state index in [0.717, 1.165) is 44.1 Å². The zero-order chi connectivity index (χ0) is 23.3. The Balaban J connectivity index is 1.37. The van der Waals surface area contributed by atoms with Gasteiger partial charge in [-0.05, 0) is 69.2 Å². The number of hydrogen-bond donors (Lipinski definition) is 3. The maximum atomic E-state index is 14.6. The Bertz CT molecular complexity index is 981. The summed E-state index contributed by atoms with van der Waals surface area (Å²) >= 11 is 0. The number of ether oxygens (including phenoxy) is 1. The van der Waals surface area contributed by atoms with E-state index in [1.165, 1.54) is 6.20 Å². The van der Waals surface area contributed by atoms with Crippen LogP contribution in [0.4, 0.5) is 16.0 Å². The van der Waals surface area contributed by atoms with Crippen LogP contribution in [0.25, 0.3) is 11.1 Å². The molecule has 8 heteroatoms. The van der Waals surface area contributed by atoms with Gasteiger partial charge < -0.3 is 20.7 Å². The second-order valence-corrected chi connectivity index (χ2v) is 9.44. The number of aromatic nitrogens is 2. The molecule has 33 heavy (non-hydrogen) atoms. The van der Waals surface area contributed by atoms with Gasteiger partial charge >= 0.3 is 0 Å². The Hall–Kier alpha value is -2.76. The molecule has 0 aromatic carbocycles. The smallest absolute Gasteiger partial charge is 0.149 e. The Morgan fingerprint density at radius 2 is 1.94 bits per heavy atom. The van der Waals surface area contributed by atoms with Crippen molar-refractivity contribution in [3.63, 3.8) is 0 Å². The van der Waals surface area contributed by atoms with Crippen LogP contribution in [0, 0.1) is 22.6 Å². The summed E-state index contributed by atoms with van der Waals surface area (Å²) in [5, 5.41) is 19.6. The van der Waals surface area contributed by atoms with Gasteiger partial charge in [-0.2, -0.15) is 5.26 Å². The lowest BCUT2D eigenvalue weighted by molar-refractivity contribution is 0.161. The van der Waals surface area contributed by atoms with Gasteiger partial charge in [-0.15, -0.1) is 0 Å². The second-order valence-electron chi connectivity index (χ2n) is 9.44. The summed E-state index contributed by atoms with van der Waals surface area (Å²) in [5.41, 5.74) is 0.952. The number of pyridine rings is 2. The van der Waals surface area contributed by atoms with E-state index in [9.17, 15) is 9.65 Å². The molecule has 176 valence electrons. The van der Waals surface area contributed by atoms with E-state index in [1.807, 2.05) is 6.07 Å². The molecule has 0 aliphatic heterocycles. The van der Waals surface area contributed by atoms with E-state index in [-0.39, 0.29) is 11.2 Å².